The van der Waals surface area contributed by atoms with Crippen LogP contribution in [0.15, 0.2) is 34.7 Å². The van der Waals surface area contributed by atoms with Gasteiger partial charge in [-0.15, -0.1) is 0 Å². The van der Waals surface area contributed by atoms with Crippen molar-refractivity contribution in [3.8, 4) is 11.3 Å². The summed E-state index contributed by atoms with van der Waals surface area (Å²) in [4.78, 5) is 9.64. The lowest BCUT2D eigenvalue weighted by molar-refractivity contribution is -0.387. The number of rotatable bonds is 3. The van der Waals surface area contributed by atoms with Gasteiger partial charge >= 0.3 is 5.69 Å². The highest BCUT2D eigenvalue weighted by Crippen LogP contribution is 2.26. The largest absolute Gasteiger partial charge is 0.459 e. The molecule has 0 fully saturated rings. The Morgan fingerprint density at radius 2 is 2.12 bits per heavy atom. The number of nitro benzene ring substituents is 1. The zero-order valence-electron chi connectivity index (χ0n) is 8.59. The highest BCUT2D eigenvalue weighted by molar-refractivity contribution is 5.60. The maximum atomic E-state index is 13.3. The molecule has 0 atom stereocenters. The molecule has 88 valence electrons. The molecule has 0 spiro atoms. The fourth-order valence-electron chi connectivity index (χ4n) is 1.43. The second-order valence-corrected chi connectivity index (χ2v) is 3.35. The summed E-state index contributed by atoms with van der Waals surface area (Å²) in [6.45, 7) is -0.255. The van der Waals surface area contributed by atoms with Crippen LogP contribution in [-0.2, 0) is 6.61 Å². The van der Waals surface area contributed by atoms with E-state index in [1.165, 1.54) is 6.07 Å². The lowest BCUT2D eigenvalue weighted by Crippen LogP contribution is -1.92. The van der Waals surface area contributed by atoms with Gasteiger partial charge in [0, 0.05) is 11.6 Å². The van der Waals surface area contributed by atoms with Gasteiger partial charge in [0.15, 0.2) is 0 Å². The minimum Gasteiger partial charge on any atom is -0.459 e. The van der Waals surface area contributed by atoms with Crippen molar-refractivity contribution in [1.82, 2.24) is 0 Å². The van der Waals surface area contributed by atoms with E-state index >= 15 is 0 Å². The van der Waals surface area contributed by atoms with E-state index in [-0.39, 0.29) is 6.61 Å². The molecule has 0 aliphatic heterocycles. The summed E-state index contributed by atoms with van der Waals surface area (Å²) >= 11 is 0. The van der Waals surface area contributed by atoms with E-state index in [2.05, 4.69) is 0 Å². The first-order chi connectivity index (χ1) is 8.11. The number of nitrogens with zero attached hydrogens (tertiary/aromatic N) is 1. The van der Waals surface area contributed by atoms with Gasteiger partial charge in [0.05, 0.1) is 4.92 Å². The number of nitro groups is 1. The van der Waals surface area contributed by atoms with E-state index in [1.54, 1.807) is 12.1 Å². The number of benzene rings is 1. The van der Waals surface area contributed by atoms with Crippen LogP contribution in [0.1, 0.15) is 5.76 Å². The maximum absolute atomic E-state index is 13.3. The first kappa shape index (κ1) is 11.3. The number of aliphatic hydroxyl groups is 1. The van der Waals surface area contributed by atoms with Crippen LogP contribution in [-0.4, -0.2) is 10.0 Å². The molecule has 2 rings (SSSR count). The molecule has 0 saturated carbocycles. The molecule has 0 aliphatic rings. The molecule has 0 unspecified atom stereocenters. The Kier molecular flexibility index (Phi) is 2.88. The van der Waals surface area contributed by atoms with E-state index in [4.69, 9.17) is 9.52 Å². The average molecular weight is 237 g/mol. The zero-order chi connectivity index (χ0) is 12.4. The van der Waals surface area contributed by atoms with Gasteiger partial charge in [-0.25, -0.2) is 0 Å². The molecule has 0 radical (unpaired) electrons. The summed E-state index contributed by atoms with van der Waals surface area (Å²) in [5.74, 6) is -0.226. The number of hydrogen-bond acceptors (Lipinski definition) is 4. The Hall–Kier alpha value is -2.21. The topological polar surface area (TPSA) is 76.5 Å². The predicted octanol–water partition coefficient (Wildman–Crippen LogP) is 2.49. The molecule has 0 bridgehead atoms. The van der Waals surface area contributed by atoms with Crippen LogP contribution in [0, 0.1) is 15.9 Å². The normalized spacial score (nSPS) is 10.5. The Balaban J connectivity index is 2.40. The second kappa shape index (κ2) is 4.34. The van der Waals surface area contributed by atoms with Gasteiger partial charge in [0.1, 0.15) is 18.1 Å². The molecule has 1 N–H and O–H groups in total. The number of hydrogen-bond donors (Lipinski definition) is 1. The van der Waals surface area contributed by atoms with Crippen molar-refractivity contribution >= 4 is 5.69 Å². The van der Waals surface area contributed by atoms with Gasteiger partial charge < -0.3 is 9.52 Å². The van der Waals surface area contributed by atoms with Crippen LogP contribution >= 0.6 is 0 Å². The third-order valence-corrected chi connectivity index (χ3v) is 2.25. The minimum absolute atomic E-state index is 0.255. The van der Waals surface area contributed by atoms with E-state index in [9.17, 15) is 14.5 Å². The fourth-order valence-corrected chi connectivity index (χ4v) is 1.43. The van der Waals surface area contributed by atoms with Gasteiger partial charge in [-0.1, -0.05) is 0 Å². The van der Waals surface area contributed by atoms with Crippen molar-refractivity contribution in [2.75, 3.05) is 0 Å². The molecule has 17 heavy (non-hydrogen) atoms. The molecule has 1 heterocycles. The van der Waals surface area contributed by atoms with Gasteiger partial charge in [-0.05, 0) is 24.3 Å². The van der Waals surface area contributed by atoms with Gasteiger partial charge in [0.2, 0.25) is 5.82 Å². The van der Waals surface area contributed by atoms with E-state index in [1.807, 2.05) is 0 Å². The highest BCUT2D eigenvalue weighted by atomic mass is 19.1. The Labute approximate surface area is 95.3 Å². The van der Waals surface area contributed by atoms with E-state index in [0.717, 1.165) is 12.1 Å². The van der Waals surface area contributed by atoms with E-state index < -0.39 is 16.4 Å². The minimum atomic E-state index is -0.922. The summed E-state index contributed by atoms with van der Waals surface area (Å²) in [6, 6.07) is 6.60. The van der Waals surface area contributed by atoms with Crippen LogP contribution < -0.4 is 0 Å². The van der Waals surface area contributed by atoms with Crippen molar-refractivity contribution in [2.45, 2.75) is 6.61 Å². The van der Waals surface area contributed by atoms with Crippen LogP contribution in [0.4, 0.5) is 10.1 Å². The van der Waals surface area contributed by atoms with Crippen LogP contribution in [0.5, 0.6) is 0 Å². The summed E-state index contributed by atoms with van der Waals surface area (Å²) < 4.78 is 18.5. The van der Waals surface area contributed by atoms with Crippen LogP contribution in [0.25, 0.3) is 11.3 Å². The molecule has 5 nitrogen and oxygen atoms in total. The molecular formula is C11H8FNO4. The SMILES string of the molecule is O=[N+]([O-])c1ccc(-c2ccc(CO)o2)cc1F. The lowest BCUT2D eigenvalue weighted by atomic mass is 10.1. The quantitative estimate of drug-likeness (QED) is 0.657. The van der Waals surface area contributed by atoms with Crippen molar-refractivity contribution in [1.29, 1.82) is 0 Å². The Bertz CT molecular complexity index is 564. The Morgan fingerprint density at radius 3 is 2.65 bits per heavy atom. The fraction of sp³-hybridized carbons (Fsp3) is 0.0909. The lowest BCUT2D eigenvalue weighted by Gasteiger charge is -1.98. The van der Waals surface area contributed by atoms with Crippen molar-refractivity contribution in [2.24, 2.45) is 0 Å². The monoisotopic (exact) mass is 237 g/mol. The Morgan fingerprint density at radius 1 is 1.35 bits per heavy atom. The number of halogens is 1. The van der Waals surface area contributed by atoms with E-state index in [0.29, 0.717) is 17.1 Å². The van der Waals surface area contributed by atoms with Crippen LogP contribution in [0.3, 0.4) is 0 Å². The summed E-state index contributed by atoms with van der Waals surface area (Å²) in [6.07, 6.45) is 0. The molecule has 6 heteroatoms. The van der Waals surface area contributed by atoms with Crippen LogP contribution in [0.2, 0.25) is 0 Å². The number of aliphatic hydroxyl groups excluding tert-OH is 1. The first-order valence-corrected chi connectivity index (χ1v) is 4.75. The van der Waals surface area contributed by atoms with Gasteiger partial charge in [-0.2, -0.15) is 4.39 Å². The van der Waals surface area contributed by atoms with Crippen molar-refractivity contribution < 1.29 is 18.8 Å². The van der Waals surface area contributed by atoms with Crippen molar-refractivity contribution in [3.63, 3.8) is 0 Å². The molecule has 0 saturated heterocycles. The first-order valence-electron chi connectivity index (χ1n) is 4.75. The van der Waals surface area contributed by atoms with Crippen molar-refractivity contribution in [3.05, 3.63) is 52.0 Å². The zero-order valence-corrected chi connectivity index (χ0v) is 8.59. The number of furan rings is 1. The molecule has 1 aromatic carbocycles. The summed E-state index contributed by atoms with van der Waals surface area (Å²) in [5, 5.41) is 19.2. The molecule has 2 aromatic rings. The average Bonchev–Trinajstić information content (AvgIpc) is 2.76. The second-order valence-electron chi connectivity index (χ2n) is 3.35. The third-order valence-electron chi connectivity index (χ3n) is 2.25. The molecule has 0 aliphatic carbocycles. The maximum Gasteiger partial charge on any atom is 0.304 e. The smallest absolute Gasteiger partial charge is 0.304 e. The predicted molar refractivity (Wildman–Crippen MR) is 56.7 cm³/mol. The standard InChI is InChI=1S/C11H8FNO4/c12-9-5-7(1-3-10(9)13(15)16)11-4-2-8(6-14)17-11/h1-5,14H,6H2. The van der Waals surface area contributed by atoms with Gasteiger partial charge in [0.25, 0.3) is 0 Å². The summed E-state index contributed by atoms with van der Waals surface area (Å²) in [5.41, 5.74) is -0.199. The molecule has 0 amide bonds. The highest BCUT2D eigenvalue weighted by Gasteiger charge is 2.15. The van der Waals surface area contributed by atoms with Gasteiger partial charge in [-0.3, -0.25) is 10.1 Å². The third kappa shape index (κ3) is 2.16. The molecular weight excluding hydrogens is 229 g/mol. The molecule has 1 aromatic heterocycles. The summed E-state index contributed by atoms with van der Waals surface area (Å²) in [7, 11) is 0.